The average Bonchev–Trinajstić information content (AvgIpc) is 2.36. The molecule has 0 saturated heterocycles. The number of hydrogen-bond donors (Lipinski definition) is 7. The number of rotatable bonds is 7. The summed E-state index contributed by atoms with van der Waals surface area (Å²) in [5, 5.41) is 55.2. The van der Waals surface area contributed by atoms with Crippen molar-refractivity contribution in [1.29, 1.82) is 0 Å². The molecule has 0 aromatic carbocycles. The van der Waals surface area contributed by atoms with Crippen molar-refractivity contribution in [2.75, 3.05) is 20.2 Å². The van der Waals surface area contributed by atoms with Gasteiger partial charge in [-0.05, 0) is 7.05 Å². The molecule has 0 unspecified atom stereocenters. The minimum Gasteiger partial charge on any atom is -0.481 e. The van der Waals surface area contributed by atoms with Crippen LogP contribution in [0.3, 0.4) is 0 Å². The van der Waals surface area contributed by atoms with Crippen LogP contribution in [0.15, 0.2) is 0 Å². The standard InChI is InChI=1S/C7H17NO5.C3H6O2/c1-8-2-4(10)6(12)7(13)5(11)3-9;1-2-3(4)5/h4-13H,2-3H2,1H3;2H2,1H3,(H,4,5)/t4-,5+,6+,7+;/m0./s1. The zero-order valence-corrected chi connectivity index (χ0v) is 10.5. The molecule has 0 bridgehead atoms. The molecule has 0 fully saturated rings. The predicted molar refractivity (Wildman–Crippen MR) is 63.0 cm³/mol. The summed E-state index contributed by atoms with van der Waals surface area (Å²) < 4.78 is 0. The van der Waals surface area contributed by atoms with Gasteiger partial charge in [-0.2, -0.15) is 0 Å². The average molecular weight is 269 g/mol. The minimum absolute atomic E-state index is 0.0936. The Bertz CT molecular complexity index is 214. The zero-order valence-electron chi connectivity index (χ0n) is 10.5. The molecule has 8 nitrogen and oxygen atoms in total. The van der Waals surface area contributed by atoms with E-state index < -0.39 is 37.0 Å². The smallest absolute Gasteiger partial charge is 0.303 e. The van der Waals surface area contributed by atoms with Crippen LogP contribution in [-0.2, 0) is 4.79 Å². The number of aliphatic hydroxyl groups excluding tert-OH is 5. The molecule has 0 rings (SSSR count). The van der Waals surface area contributed by atoms with Crippen molar-refractivity contribution in [2.45, 2.75) is 37.8 Å². The molecular formula is C10H23NO7. The van der Waals surface area contributed by atoms with Gasteiger partial charge in [-0.3, -0.25) is 4.79 Å². The lowest BCUT2D eigenvalue weighted by atomic mass is 10.0. The summed E-state index contributed by atoms with van der Waals surface area (Å²) in [6, 6.07) is 0. The molecule has 0 aliphatic rings. The van der Waals surface area contributed by atoms with Crippen molar-refractivity contribution >= 4 is 5.97 Å². The van der Waals surface area contributed by atoms with E-state index >= 15 is 0 Å². The van der Waals surface area contributed by atoms with E-state index in [4.69, 9.17) is 25.5 Å². The van der Waals surface area contributed by atoms with Gasteiger partial charge in [-0.1, -0.05) is 6.92 Å². The van der Waals surface area contributed by atoms with Gasteiger partial charge in [-0.15, -0.1) is 0 Å². The van der Waals surface area contributed by atoms with E-state index in [1.54, 1.807) is 14.0 Å². The summed E-state index contributed by atoms with van der Waals surface area (Å²) in [6.07, 6.45) is -5.43. The topological polar surface area (TPSA) is 150 Å². The molecule has 0 spiro atoms. The van der Waals surface area contributed by atoms with Crippen molar-refractivity contribution in [3.63, 3.8) is 0 Å². The molecule has 0 aromatic rings. The first-order chi connectivity index (χ1) is 8.31. The fourth-order valence-corrected chi connectivity index (χ4v) is 0.893. The molecule has 0 aliphatic heterocycles. The molecule has 110 valence electrons. The molecule has 0 saturated carbocycles. The molecule has 0 aliphatic carbocycles. The molecule has 0 aromatic heterocycles. The number of aliphatic carboxylic acids is 1. The van der Waals surface area contributed by atoms with E-state index in [0.29, 0.717) is 0 Å². The Morgan fingerprint density at radius 1 is 1.11 bits per heavy atom. The molecular weight excluding hydrogens is 246 g/mol. The minimum atomic E-state index is -1.55. The van der Waals surface area contributed by atoms with Crippen molar-refractivity contribution in [3.05, 3.63) is 0 Å². The second-order valence-corrected chi connectivity index (χ2v) is 3.60. The molecule has 0 amide bonds. The Kier molecular flexibility index (Phi) is 12.3. The lowest BCUT2D eigenvalue weighted by Gasteiger charge is -2.25. The van der Waals surface area contributed by atoms with Gasteiger partial charge >= 0.3 is 5.97 Å². The predicted octanol–water partition coefficient (Wildman–Crippen LogP) is -2.88. The molecule has 0 heterocycles. The number of hydrogen-bond acceptors (Lipinski definition) is 7. The lowest BCUT2D eigenvalue weighted by molar-refractivity contribution is -0.136. The van der Waals surface area contributed by atoms with E-state index in [0.717, 1.165) is 0 Å². The summed E-state index contributed by atoms with van der Waals surface area (Å²) in [4.78, 5) is 9.37. The van der Waals surface area contributed by atoms with E-state index in [-0.39, 0.29) is 13.0 Å². The van der Waals surface area contributed by atoms with Gasteiger partial charge in [0.15, 0.2) is 0 Å². The van der Waals surface area contributed by atoms with Crippen LogP contribution in [0.5, 0.6) is 0 Å². The third kappa shape index (κ3) is 9.28. The highest BCUT2D eigenvalue weighted by Crippen LogP contribution is 2.04. The fraction of sp³-hybridized carbons (Fsp3) is 0.900. The third-order valence-electron chi connectivity index (χ3n) is 2.04. The molecule has 7 N–H and O–H groups in total. The van der Waals surface area contributed by atoms with Gasteiger partial charge in [0.25, 0.3) is 0 Å². The number of carbonyl (C=O) groups is 1. The number of aliphatic hydroxyl groups is 5. The van der Waals surface area contributed by atoms with Gasteiger partial charge in [0, 0.05) is 13.0 Å². The highest BCUT2D eigenvalue weighted by Gasteiger charge is 2.29. The summed E-state index contributed by atoms with van der Waals surface area (Å²) in [6.45, 7) is 1.03. The lowest BCUT2D eigenvalue weighted by Crippen LogP contribution is -2.48. The highest BCUT2D eigenvalue weighted by molar-refractivity contribution is 5.66. The summed E-state index contributed by atoms with van der Waals surface area (Å²) in [5.74, 6) is -0.745. The molecule has 0 radical (unpaired) electrons. The van der Waals surface area contributed by atoms with Crippen molar-refractivity contribution in [3.8, 4) is 0 Å². The summed E-state index contributed by atoms with van der Waals surface area (Å²) in [7, 11) is 1.57. The largest absolute Gasteiger partial charge is 0.481 e. The van der Waals surface area contributed by atoms with Crippen LogP contribution >= 0.6 is 0 Å². The Labute approximate surface area is 106 Å². The summed E-state index contributed by atoms with van der Waals surface area (Å²) >= 11 is 0. The van der Waals surface area contributed by atoms with Crippen LogP contribution in [0, 0.1) is 0 Å². The van der Waals surface area contributed by atoms with E-state index in [2.05, 4.69) is 5.32 Å². The van der Waals surface area contributed by atoms with Gasteiger partial charge in [-0.25, -0.2) is 0 Å². The van der Waals surface area contributed by atoms with E-state index in [1.165, 1.54) is 0 Å². The Balaban J connectivity index is 0. The van der Waals surface area contributed by atoms with Crippen LogP contribution in [0.4, 0.5) is 0 Å². The van der Waals surface area contributed by atoms with Crippen LogP contribution < -0.4 is 5.32 Å². The van der Waals surface area contributed by atoms with E-state index in [1.807, 2.05) is 0 Å². The number of likely N-dealkylation sites (N-methyl/N-ethyl adjacent to an activating group) is 1. The first-order valence-corrected chi connectivity index (χ1v) is 5.51. The van der Waals surface area contributed by atoms with E-state index in [9.17, 15) is 9.90 Å². The quantitative estimate of drug-likeness (QED) is 0.260. The Morgan fingerprint density at radius 3 is 1.78 bits per heavy atom. The molecule has 18 heavy (non-hydrogen) atoms. The van der Waals surface area contributed by atoms with Crippen LogP contribution in [-0.4, -0.2) is 81.2 Å². The monoisotopic (exact) mass is 269 g/mol. The Morgan fingerprint density at radius 2 is 1.50 bits per heavy atom. The zero-order chi connectivity index (χ0) is 14.7. The maximum absolute atomic E-state index is 9.37. The normalized spacial score (nSPS) is 17.1. The first-order valence-electron chi connectivity index (χ1n) is 5.51. The fourth-order valence-electron chi connectivity index (χ4n) is 0.893. The highest BCUT2D eigenvalue weighted by atomic mass is 16.4. The number of carboxylic acids is 1. The van der Waals surface area contributed by atoms with Gasteiger partial charge in [0.2, 0.25) is 0 Å². The van der Waals surface area contributed by atoms with Gasteiger partial charge in [0.05, 0.1) is 12.7 Å². The Hall–Kier alpha value is -0.770. The maximum atomic E-state index is 9.37. The van der Waals surface area contributed by atoms with Crippen LogP contribution in [0.2, 0.25) is 0 Å². The van der Waals surface area contributed by atoms with Gasteiger partial charge < -0.3 is 36.0 Å². The number of carboxylic acid groups (broad SMARTS) is 1. The van der Waals surface area contributed by atoms with Crippen molar-refractivity contribution < 1.29 is 35.4 Å². The van der Waals surface area contributed by atoms with Crippen LogP contribution in [0.25, 0.3) is 0 Å². The second-order valence-electron chi connectivity index (χ2n) is 3.60. The SMILES string of the molecule is CCC(=O)O.CNC[C@H](O)[C@@H](O)[C@H](O)[C@H](O)CO. The van der Waals surface area contributed by atoms with Gasteiger partial charge in [0.1, 0.15) is 18.3 Å². The second kappa shape index (κ2) is 11.3. The maximum Gasteiger partial charge on any atom is 0.303 e. The molecule has 8 heteroatoms. The number of nitrogens with one attached hydrogen (secondary N) is 1. The summed E-state index contributed by atoms with van der Waals surface area (Å²) in [5.41, 5.74) is 0. The molecule has 4 atom stereocenters. The third-order valence-corrected chi connectivity index (χ3v) is 2.04. The first kappa shape index (κ1) is 19.6. The van der Waals surface area contributed by atoms with Crippen molar-refractivity contribution in [1.82, 2.24) is 5.32 Å². The van der Waals surface area contributed by atoms with Crippen molar-refractivity contribution in [2.24, 2.45) is 0 Å². The van der Waals surface area contributed by atoms with Crippen LogP contribution in [0.1, 0.15) is 13.3 Å².